The van der Waals surface area contributed by atoms with E-state index in [1.165, 1.54) is 12.5 Å². The smallest absolute Gasteiger partial charge is 0.187 e. The Kier molecular flexibility index (Phi) is 11.9. The molecule has 0 aromatic carbocycles. The number of carbonyl (C=O) groups is 1. The number of hydrogen-bond acceptors (Lipinski definition) is 12. The summed E-state index contributed by atoms with van der Waals surface area (Å²) in [5, 5.41) is 75.6. The molecule has 6 aliphatic rings. The Hall–Kier alpha value is -1.03. The quantitative estimate of drug-likeness (QED) is 0.174. The number of allylic oxidation sites excluding steroid dienone is 1. The molecule has 12 nitrogen and oxygen atoms in total. The molecule has 0 spiro atoms. The first kappa shape index (κ1) is 39.7. The fourth-order valence-corrected chi connectivity index (χ4v) is 11.4. The maximum atomic E-state index is 12.4. The summed E-state index contributed by atoms with van der Waals surface area (Å²) in [6.07, 6.45) is -5.60. The van der Waals surface area contributed by atoms with E-state index in [1.54, 1.807) is 0 Å². The van der Waals surface area contributed by atoms with Gasteiger partial charge in [0.25, 0.3) is 0 Å². The van der Waals surface area contributed by atoms with Crippen LogP contribution in [0.2, 0.25) is 0 Å². The third kappa shape index (κ3) is 7.14. The molecule has 2 aliphatic heterocycles. The van der Waals surface area contributed by atoms with Crippen LogP contribution in [0.1, 0.15) is 99.3 Å². The summed E-state index contributed by atoms with van der Waals surface area (Å²) in [7, 11) is 0. The third-order valence-corrected chi connectivity index (χ3v) is 14.5. The number of aliphatic hydroxyl groups is 7. The zero-order valence-electron chi connectivity index (χ0n) is 31.2. The van der Waals surface area contributed by atoms with Crippen molar-refractivity contribution < 1.29 is 59.5 Å². The Morgan fingerprint density at radius 3 is 2.27 bits per heavy atom. The summed E-state index contributed by atoms with van der Waals surface area (Å²) in [6.45, 7) is 12.0. The summed E-state index contributed by atoms with van der Waals surface area (Å²) in [5.41, 5.74) is 1.08. The van der Waals surface area contributed by atoms with Crippen molar-refractivity contribution >= 4 is 5.78 Å². The lowest BCUT2D eigenvalue weighted by Crippen LogP contribution is -2.64. The molecule has 0 bridgehead atoms. The Labute approximate surface area is 302 Å². The van der Waals surface area contributed by atoms with Gasteiger partial charge in [-0.15, -0.1) is 0 Å². The van der Waals surface area contributed by atoms with Gasteiger partial charge in [-0.05, 0) is 111 Å². The van der Waals surface area contributed by atoms with Crippen molar-refractivity contribution in [2.75, 3.05) is 6.61 Å². The molecule has 0 aromatic rings. The molecule has 2 saturated heterocycles. The molecule has 5 fully saturated rings. The van der Waals surface area contributed by atoms with Crippen molar-refractivity contribution in [1.82, 2.24) is 0 Å². The van der Waals surface area contributed by atoms with E-state index in [-0.39, 0.29) is 34.4 Å². The highest BCUT2D eigenvalue weighted by atomic mass is 16.8. The monoisotopic (exact) mass is 724 g/mol. The zero-order chi connectivity index (χ0) is 37.2. The molecule has 0 aromatic heterocycles. The van der Waals surface area contributed by atoms with E-state index in [9.17, 15) is 40.5 Å². The van der Waals surface area contributed by atoms with Crippen LogP contribution < -0.4 is 0 Å². The molecule has 6 rings (SSSR count). The fourth-order valence-electron chi connectivity index (χ4n) is 11.4. The minimum atomic E-state index is -1.66. The maximum absolute atomic E-state index is 12.4. The number of fused-ring (bicyclic) bond motifs is 5. The minimum absolute atomic E-state index is 0.0227. The van der Waals surface area contributed by atoms with Crippen molar-refractivity contribution in [3.8, 4) is 0 Å². The average molecular weight is 725 g/mol. The average Bonchev–Trinajstić information content (AvgIpc) is 3.39. The molecule has 2 heterocycles. The summed E-state index contributed by atoms with van der Waals surface area (Å²) in [4.78, 5) is 12.4. The van der Waals surface area contributed by atoms with Crippen LogP contribution in [0.4, 0.5) is 0 Å². The fraction of sp³-hybridized carbons (Fsp3) is 0.923. The third-order valence-electron chi connectivity index (χ3n) is 14.5. The van der Waals surface area contributed by atoms with E-state index in [2.05, 4.69) is 34.6 Å². The van der Waals surface area contributed by atoms with Crippen LogP contribution in [0.3, 0.4) is 0 Å². The Bertz CT molecular complexity index is 1260. The second-order valence-corrected chi connectivity index (χ2v) is 17.8. The number of ketones is 1. The molecule has 0 radical (unpaired) electrons. The molecule has 0 amide bonds. The largest absolute Gasteiger partial charge is 0.394 e. The SMILES string of the molecule is CC(C)CC[C@H](O)[C@@H](C)[C@H]1[C@@H](O[C@@H]2O[C@H](CO)[C@H](O)[C@@H](O)[C@@H]2O[C@@H]2O[C@@H](C)[C@H](O)[C@H](O)[C@@H]2O)C[C@@H]2[C@@H]3CCC4=CC(=O)CC[C@]4(C)[C@@H]3CC[C@]12C. The van der Waals surface area contributed by atoms with Gasteiger partial charge in [0, 0.05) is 6.42 Å². The van der Waals surface area contributed by atoms with Crippen LogP contribution in [0, 0.1) is 46.3 Å². The number of aliphatic hydroxyl groups excluding tert-OH is 7. The molecular weight excluding hydrogens is 660 g/mol. The molecular formula is C39H64O12. The molecule has 4 aliphatic carbocycles. The summed E-state index contributed by atoms with van der Waals surface area (Å²) in [5.74, 6) is 1.50. The highest BCUT2D eigenvalue weighted by molar-refractivity contribution is 5.91. The lowest BCUT2D eigenvalue weighted by Gasteiger charge is -2.58. The Morgan fingerprint density at radius 2 is 1.59 bits per heavy atom. The minimum Gasteiger partial charge on any atom is -0.394 e. The van der Waals surface area contributed by atoms with Gasteiger partial charge in [0.15, 0.2) is 18.4 Å². The van der Waals surface area contributed by atoms with Gasteiger partial charge in [0.05, 0.1) is 24.9 Å². The van der Waals surface area contributed by atoms with Crippen LogP contribution in [0.15, 0.2) is 11.6 Å². The predicted octanol–water partition coefficient (Wildman–Crippen LogP) is 2.21. The first-order chi connectivity index (χ1) is 24.0. The molecule has 19 atom stereocenters. The number of hydrogen-bond donors (Lipinski definition) is 7. The highest BCUT2D eigenvalue weighted by Crippen LogP contribution is 2.68. The van der Waals surface area contributed by atoms with Gasteiger partial charge in [0.1, 0.15) is 42.7 Å². The highest BCUT2D eigenvalue weighted by Gasteiger charge is 2.64. The van der Waals surface area contributed by atoms with Gasteiger partial charge >= 0.3 is 0 Å². The lowest BCUT2D eigenvalue weighted by molar-refractivity contribution is -0.371. The normalized spacial score (nSPS) is 49.9. The molecule has 12 heteroatoms. The summed E-state index contributed by atoms with van der Waals surface area (Å²) >= 11 is 0. The van der Waals surface area contributed by atoms with E-state index in [4.69, 9.17) is 18.9 Å². The van der Waals surface area contributed by atoms with E-state index >= 15 is 0 Å². The van der Waals surface area contributed by atoms with Gasteiger partial charge in [-0.25, -0.2) is 0 Å². The van der Waals surface area contributed by atoms with E-state index in [0.29, 0.717) is 37.0 Å². The molecule has 292 valence electrons. The van der Waals surface area contributed by atoms with Crippen molar-refractivity contribution in [1.29, 1.82) is 0 Å². The van der Waals surface area contributed by atoms with Crippen LogP contribution >= 0.6 is 0 Å². The van der Waals surface area contributed by atoms with Gasteiger partial charge in [0.2, 0.25) is 0 Å². The van der Waals surface area contributed by atoms with Gasteiger partial charge in [-0.1, -0.05) is 40.2 Å². The standard InChI is InChI=1S/C39H64O12/c1-18(2)7-10-26(42)19(3)29-27(16-25-23-9-8-21-15-22(41)11-13-38(21,5)24(23)12-14-39(25,29)6)49-37-35(33(46)31(44)28(17-40)50-37)51-36-34(47)32(45)30(43)20(4)48-36/h15,18-20,23-37,40,42-47H,7-14,16-17H2,1-6H3/t19-,20+,23-,24-,25-,26+,27+,28-,29+,30+,31+,32+,33-,34+,35+,36+,37-,38+,39+/m1/s1. The lowest BCUT2D eigenvalue weighted by atomic mass is 9.46. The van der Waals surface area contributed by atoms with Crippen molar-refractivity contribution in [3.63, 3.8) is 0 Å². The van der Waals surface area contributed by atoms with Crippen molar-refractivity contribution in [2.24, 2.45) is 46.3 Å². The van der Waals surface area contributed by atoms with Crippen molar-refractivity contribution in [3.05, 3.63) is 11.6 Å². The summed E-state index contributed by atoms with van der Waals surface area (Å²) < 4.78 is 24.8. The number of rotatable bonds is 10. The first-order valence-electron chi connectivity index (χ1n) is 19.6. The molecule has 51 heavy (non-hydrogen) atoms. The van der Waals surface area contributed by atoms with E-state index < -0.39 is 80.2 Å². The van der Waals surface area contributed by atoms with Crippen molar-refractivity contribution in [2.45, 2.75) is 173 Å². The molecule has 3 saturated carbocycles. The Balaban J connectivity index is 1.32. The number of carbonyl (C=O) groups excluding carboxylic acids is 1. The Morgan fingerprint density at radius 1 is 0.863 bits per heavy atom. The second kappa shape index (κ2) is 15.2. The van der Waals surface area contributed by atoms with Gasteiger partial charge < -0.3 is 54.7 Å². The topological polar surface area (TPSA) is 196 Å². The first-order valence-corrected chi connectivity index (χ1v) is 19.6. The van der Waals surface area contributed by atoms with Gasteiger partial charge in [-0.2, -0.15) is 0 Å². The van der Waals surface area contributed by atoms with Crippen LogP contribution in [0.25, 0.3) is 0 Å². The van der Waals surface area contributed by atoms with Crippen LogP contribution in [-0.2, 0) is 23.7 Å². The van der Waals surface area contributed by atoms with E-state index in [1.807, 2.05) is 6.08 Å². The zero-order valence-corrected chi connectivity index (χ0v) is 31.2. The number of ether oxygens (including phenoxy) is 4. The van der Waals surface area contributed by atoms with Gasteiger partial charge in [-0.3, -0.25) is 4.79 Å². The van der Waals surface area contributed by atoms with Crippen LogP contribution in [0.5, 0.6) is 0 Å². The second-order valence-electron chi connectivity index (χ2n) is 17.8. The molecule has 0 unspecified atom stereocenters. The molecule has 7 N–H and O–H groups in total. The predicted molar refractivity (Wildman–Crippen MR) is 185 cm³/mol. The summed E-state index contributed by atoms with van der Waals surface area (Å²) in [6, 6.07) is 0. The van der Waals surface area contributed by atoms with E-state index in [0.717, 1.165) is 38.5 Å². The van der Waals surface area contributed by atoms with Crippen LogP contribution in [-0.4, -0.2) is 122 Å². The maximum Gasteiger partial charge on any atom is 0.187 e.